The van der Waals surface area contributed by atoms with Crippen LogP contribution in [0.1, 0.15) is 5.56 Å². The number of rotatable bonds is 2. The van der Waals surface area contributed by atoms with Crippen molar-refractivity contribution < 1.29 is 9.90 Å². The first-order valence-corrected chi connectivity index (χ1v) is 3.79. The number of hydrogen-bond acceptors (Lipinski definition) is 3. The fourth-order valence-corrected chi connectivity index (χ4v) is 0.963. The molecule has 3 N–H and O–H groups in total. The fourth-order valence-electron chi connectivity index (χ4n) is 0.740. The van der Waals surface area contributed by atoms with Gasteiger partial charge in [-0.1, -0.05) is 11.6 Å². The van der Waals surface area contributed by atoms with Gasteiger partial charge in [-0.15, -0.1) is 0 Å². The standard InChI is InChI=1S/C8H7ClN2O2/c9-6-3-7(10)11-4-5(6)1-2-8(12)13/h1-4H,(H2,10,11)(H,12,13). The highest BCUT2D eigenvalue weighted by Gasteiger charge is 1.98. The van der Waals surface area contributed by atoms with Crippen molar-refractivity contribution in [3.8, 4) is 0 Å². The zero-order valence-electron chi connectivity index (χ0n) is 6.57. The van der Waals surface area contributed by atoms with Gasteiger partial charge >= 0.3 is 5.97 Å². The third-order valence-electron chi connectivity index (χ3n) is 1.31. The van der Waals surface area contributed by atoms with E-state index < -0.39 is 5.97 Å². The molecule has 0 aliphatic carbocycles. The molecule has 68 valence electrons. The van der Waals surface area contributed by atoms with E-state index in [0.29, 0.717) is 16.4 Å². The van der Waals surface area contributed by atoms with Crippen molar-refractivity contribution in [2.45, 2.75) is 0 Å². The molecule has 0 aromatic carbocycles. The minimum absolute atomic E-state index is 0.303. The molecule has 0 bridgehead atoms. The van der Waals surface area contributed by atoms with Crippen molar-refractivity contribution in [1.29, 1.82) is 0 Å². The van der Waals surface area contributed by atoms with Crippen LogP contribution in [0.5, 0.6) is 0 Å². The molecule has 13 heavy (non-hydrogen) atoms. The number of carboxylic acid groups (broad SMARTS) is 1. The number of aromatic nitrogens is 1. The van der Waals surface area contributed by atoms with Crippen molar-refractivity contribution >= 4 is 29.5 Å². The molecule has 0 fully saturated rings. The second-order valence-corrected chi connectivity index (χ2v) is 2.71. The summed E-state index contributed by atoms with van der Waals surface area (Å²) in [6.45, 7) is 0. The van der Waals surface area contributed by atoms with E-state index in [1.165, 1.54) is 18.3 Å². The first-order valence-electron chi connectivity index (χ1n) is 3.41. The minimum Gasteiger partial charge on any atom is -0.478 e. The second kappa shape index (κ2) is 3.91. The quantitative estimate of drug-likeness (QED) is 0.705. The van der Waals surface area contributed by atoms with E-state index in [-0.39, 0.29) is 0 Å². The number of pyridine rings is 1. The van der Waals surface area contributed by atoms with E-state index in [1.807, 2.05) is 0 Å². The largest absolute Gasteiger partial charge is 0.478 e. The van der Waals surface area contributed by atoms with Crippen LogP contribution in [0, 0.1) is 0 Å². The number of halogens is 1. The lowest BCUT2D eigenvalue weighted by molar-refractivity contribution is -0.131. The molecular weight excluding hydrogens is 192 g/mol. The van der Waals surface area contributed by atoms with Crippen molar-refractivity contribution in [1.82, 2.24) is 4.98 Å². The number of carboxylic acids is 1. The highest BCUT2D eigenvalue weighted by atomic mass is 35.5. The van der Waals surface area contributed by atoms with E-state index in [0.717, 1.165) is 6.08 Å². The molecule has 1 heterocycles. The Kier molecular flexibility index (Phi) is 2.87. The Bertz CT molecular complexity index is 363. The third kappa shape index (κ3) is 2.76. The van der Waals surface area contributed by atoms with Gasteiger partial charge < -0.3 is 10.8 Å². The Morgan fingerprint density at radius 1 is 1.69 bits per heavy atom. The molecule has 0 atom stereocenters. The van der Waals surface area contributed by atoms with E-state index >= 15 is 0 Å². The van der Waals surface area contributed by atoms with Crippen LogP contribution in [-0.4, -0.2) is 16.1 Å². The maximum atomic E-state index is 10.2. The summed E-state index contributed by atoms with van der Waals surface area (Å²) in [5.41, 5.74) is 5.87. The number of aliphatic carboxylic acids is 1. The normalized spacial score (nSPS) is 10.5. The number of nitrogen functional groups attached to an aromatic ring is 1. The Morgan fingerprint density at radius 3 is 2.92 bits per heavy atom. The summed E-state index contributed by atoms with van der Waals surface area (Å²) in [5, 5.41) is 8.72. The Labute approximate surface area is 79.7 Å². The van der Waals surface area contributed by atoms with Gasteiger partial charge in [-0.3, -0.25) is 0 Å². The molecular formula is C8H7ClN2O2. The lowest BCUT2D eigenvalue weighted by Gasteiger charge is -1.97. The van der Waals surface area contributed by atoms with Crippen LogP contribution in [0.3, 0.4) is 0 Å². The van der Waals surface area contributed by atoms with Crippen molar-refractivity contribution in [3.63, 3.8) is 0 Å². The van der Waals surface area contributed by atoms with Gasteiger partial charge in [-0.25, -0.2) is 9.78 Å². The zero-order chi connectivity index (χ0) is 9.84. The molecule has 4 nitrogen and oxygen atoms in total. The number of carbonyl (C=O) groups is 1. The summed E-state index contributed by atoms with van der Waals surface area (Å²) in [5.74, 6) is -0.731. The average molecular weight is 199 g/mol. The van der Waals surface area contributed by atoms with Gasteiger partial charge in [0.15, 0.2) is 0 Å². The summed E-state index contributed by atoms with van der Waals surface area (Å²) in [6, 6.07) is 1.46. The van der Waals surface area contributed by atoms with Crippen LogP contribution in [0.2, 0.25) is 5.02 Å². The lowest BCUT2D eigenvalue weighted by atomic mass is 10.2. The molecule has 1 aromatic rings. The molecule has 0 saturated heterocycles. The highest BCUT2D eigenvalue weighted by molar-refractivity contribution is 6.32. The van der Waals surface area contributed by atoms with E-state index in [4.69, 9.17) is 22.4 Å². The molecule has 0 unspecified atom stereocenters. The summed E-state index contributed by atoms with van der Waals surface area (Å²) < 4.78 is 0. The average Bonchev–Trinajstić information content (AvgIpc) is 2.02. The first-order chi connectivity index (χ1) is 6.09. The molecule has 0 aliphatic rings. The van der Waals surface area contributed by atoms with Gasteiger partial charge in [-0.2, -0.15) is 0 Å². The van der Waals surface area contributed by atoms with Gasteiger partial charge in [0, 0.05) is 17.8 Å². The molecule has 0 amide bonds. The second-order valence-electron chi connectivity index (χ2n) is 2.30. The van der Waals surface area contributed by atoms with Gasteiger partial charge in [0.05, 0.1) is 5.02 Å². The molecule has 0 aliphatic heterocycles. The van der Waals surface area contributed by atoms with E-state index in [1.54, 1.807) is 0 Å². The smallest absolute Gasteiger partial charge is 0.328 e. The van der Waals surface area contributed by atoms with Crippen LogP contribution in [0.15, 0.2) is 18.3 Å². The van der Waals surface area contributed by atoms with Gasteiger partial charge in [0.25, 0.3) is 0 Å². The molecule has 1 aromatic heterocycles. The Morgan fingerprint density at radius 2 is 2.38 bits per heavy atom. The van der Waals surface area contributed by atoms with Gasteiger partial charge in [-0.05, 0) is 12.1 Å². The van der Waals surface area contributed by atoms with Gasteiger partial charge in [0.2, 0.25) is 0 Å². The highest BCUT2D eigenvalue weighted by Crippen LogP contribution is 2.17. The lowest BCUT2D eigenvalue weighted by Crippen LogP contribution is -1.91. The summed E-state index contributed by atoms with van der Waals surface area (Å²) in [7, 11) is 0. The summed E-state index contributed by atoms with van der Waals surface area (Å²) in [4.78, 5) is 13.9. The Balaban J connectivity index is 2.96. The third-order valence-corrected chi connectivity index (χ3v) is 1.64. The molecule has 0 radical (unpaired) electrons. The maximum Gasteiger partial charge on any atom is 0.328 e. The predicted octanol–water partition coefficient (Wildman–Crippen LogP) is 1.42. The van der Waals surface area contributed by atoms with Crippen molar-refractivity contribution in [2.24, 2.45) is 0 Å². The number of nitrogens with zero attached hydrogens (tertiary/aromatic N) is 1. The van der Waals surface area contributed by atoms with Crippen LogP contribution in [0.25, 0.3) is 6.08 Å². The van der Waals surface area contributed by atoms with Crippen LogP contribution in [-0.2, 0) is 4.79 Å². The molecule has 0 saturated carbocycles. The Hall–Kier alpha value is -1.55. The maximum absolute atomic E-state index is 10.2. The molecule has 0 spiro atoms. The van der Waals surface area contributed by atoms with E-state index in [2.05, 4.69) is 4.98 Å². The number of anilines is 1. The van der Waals surface area contributed by atoms with Crippen LogP contribution < -0.4 is 5.73 Å². The predicted molar refractivity (Wildman–Crippen MR) is 50.3 cm³/mol. The topological polar surface area (TPSA) is 76.2 Å². The van der Waals surface area contributed by atoms with Gasteiger partial charge in [0.1, 0.15) is 5.82 Å². The van der Waals surface area contributed by atoms with Crippen molar-refractivity contribution in [2.75, 3.05) is 5.73 Å². The fraction of sp³-hybridized carbons (Fsp3) is 0. The monoisotopic (exact) mass is 198 g/mol. The van der Waals surface area contributed by atoms with E-state index in [9.17, 15) is 4.79 Å². The first kappa shape index (κ1) is 9.54. The summed E-state index contributed by atoms with van der Waals surface area (Å²) >= 11 is 5.75. The SMILES string of the molecule is Nc1cc(Cl)c(C=CC(=O)O)cn1. The number of nitrogens with two attached hydrogens (primary N) is 1. The minimum atomic E-state index is -1.03. The number of hydrogen-bond donors (Lipinski definition) is 2. The molecule has 1 rings (SSSR count). The molecule has 5 heteroatoms. The van der Waals surface area contributed by atoms with Crippen LogP contribution in [0.4, 0.5) is 5.82 Å². The van der Waals surface area contributed by atoms with Crippen molar-refractivity contribution in [3.05, 3.63) is 28.9 Å². The summed E-state index contributed by atoms with van der Waals surface area (Å²) in [6.07, 6.45) is 3.76. The zero-order valence-corrected chi connectivity index (χ0v) is 7.32. The van der Waals surface area contributed by atoms with Crippen LogP contribution >= 0.6 is 11.6 Å².